The molecule has 1 aliphatic carbocycles. The summed E-state index contributed by atoms with van der Waals surface area (Å²) in [4.78, 5) is 4.93. The molecular weight excluding hydrogens is 260 g/mol. The lowest BCUT2D eigenvalue weighted by Crippen LogP contribution is -2.38. The lowest BCUT2D eigenvalue weighted by molar-refractivity contribution is 0.413. The number of benzene rings is 1. The van der Waals surface area contributed by atoms with E-state index >= 15 is 0 Å². The maximum atomic E-state index is 4.93. The first-order valence-corrected chi connectivity index (χ1v) is 11.6. The van der Waals surface area contributed by atoms with Crippen molar-refractivity contribution in [3.63, 3.8) is 0 Å². The van der Waals surface area contributed by atoms with Gasteiger partial charge in [-0.3, -0.25) is 4.99 Å². The molecule has 0 aromatic heterocycles. The maximum absolute atomic E-state index is 4.93. The zero-order valence-corrected chi connectivity index (χ0v) is 14.2. The van der Waals surface area contributed by atoms with Crippen molar-refractivity contribution >= 4 is 13.9 Å². The van der Waals surface area contributed by atoms with E-state index in [1.165, 1.54) is 37.7 Å². The van der Waals surface area contributed by atoms with Crippen molar-refractivity contribution in [3.05, 3.63) is 35.9 Å². The number of nitrogens with zero attached hydrogens (tertiary/aromatic N) is 1. The van der Waals surface area contributed by atoms with Crippen molar-refractivity contribution in [2.24, 2.45) is 4.99 Å². The topological polar surface area (TPSA) is 24.4 Å². The third-order valence-electron chi connectivity index (χ3n) is 3.70. The van der Waals surface area contributed by atoms with Gasteiger partial charge < -0.3 is 5.32 Å². The Bertz CT molecular complexity index is 428. The third-order valence-corrected chi connectivity index (χ3v) is 4.81. The summed E-state index contributed by atoms with van der Waals surface area (Å²) in [7, 11) is -1.15. The fourth-order valence-electron chi connectivity index (χ4n) is 2.57. The van der Waals surface area contributed by atoms with E-state index in [2.05, 4.69) is 55.3 Å². The van der Waals surface area contributed by atoms with Gasteiger partial charge in [-0.05, 0) is 12.8 Å². The average molecular weight is 289 g/mol. The number of hydrogen-bond donors (Lipinski definition) is 1. The average Bonchev–Trinajstić information content (AvgIpc) is 2.44. The van der Waals surface area contributed by atoms with Gasteiger partial charge in [0.2, 0.25) is 0 Å². The van der Waals surface area contributed by atoms with Crippen molar-refractivity contribution in [1.82, 2.24) is 5.32 Å². The largest absolute Gasteiger partial charge is 0.367 e. The van der Waals surface area contributed by atoms with Crippen LogP contribution in [-0.2, 0) is 0 Å². The van der Waals surface area contributed by atoms with Crippen molar-refractivity contribution in [1.29, 1.82) is 0 Å². The molecule has 0 spiro atoms. The molecule has 1 saturated carbocycles. The molecule has 2 rings (SSSR count). The van der Waals surface area contributed by atoms with Crippen LogP contribution in [0.3, 0.4) is 0 Å². The minimum atomic E-state index is -1.15. The van der Waals surface area contributed by atoms with Gasteiger partial charge in [0.1, 0.15) is 5.84 Å². The molecule has 110 valence electrons. The molecule has 1 aliphatic rings. The maximum Gasteiger partial charge on any atom is 0.128 e. The quantitative estimate of drug-likeness (QED) is 0.500. The number of nitrogens with one attached hydrogen (secondary N) is 1. The second-order valence-electron chi connectivity index (χ2n) is 7.07. The van der Waals surface area contributed by atoms with Crippen LogP contribution in [0.1, 0.15) is 37.7 Å². The Balaban J connectivity index is 2.11. The predicted octanol–water partition coefficient (Wildman–Crippen LogP) is 4.23. The third kappa shape index (κ3) is 5.12. The Labute approximate surface area is 124 Å². The SMILES string of the molecule is C[Si](C)(C)C/N=C(\NC1CCCCC1)c1ccccc1. The van der Waals surface area contributed by atoms with Crippen molar-refractivity contribution < 1.29 is 0 Å². The second kappa shape index (κ2) is 7.07. The van der Waals surface area contributed by atoms with Crippen LogP contribution in [0, 0.1) is 0 Å². The molecule has 1 fully saturated rings. The van der Waals surface area contributed by atoms with E-state index in [1.807, 2.05) is 0 Å². The minimum Gasteiger partial charge on any atom is -0.367 e. The fraction of sp³-hybridized carbons (Fsp3) is 0.588. The normalized spacial score (nSPS) is 18.1. The Kier molecular flexibility index (Phi) is 5.41. The fourth-order valence-corrected chi connectivity index (χ4v) is 3.21. The van der Waals surface area contributed by atoms with E-state index in [0.29, 0.717) is 6.04 Å². The molecule has 3 heteroatoms. The standard InChI is InChI=1S/C17H28N2Si/c1-20(2,3)14-18-17(15-10-6-4-7-11-15)19-16-12-8-5-9-13-16/h4,6-7,10-11,16H,5,8-9,12-14H2,1-3H3,(H,18,19). The van der Waals surface area contributed by atoms with Crippen LogP contribution in [0.5, 0.6) is 0 Å². The van der Waals surface area contributed by atoms with Crippen molar-refractivity contribution in [2.45, 2.75) is 57.8 Å². The lowest BCUT2D eigenvalue weighted by atomic mass is 9.95. The van der Waals surface area contributed by atoms with Gasteiger partial charge >= 0.3 is 0 Å². The summed E-state index contributed by atoms with van der Waals surface area (Å²) in [5.74, 6) is 1.11. The molecule has 2 nitrogen and oxygen atoms in total. The van der Waals surface area contributed by atoms with E-state index in [9.17, 15) is 0 Å². The predicted molar refractivity (Wildman–Crippen MR) is 91.2 cm³/mol. The monoisotopic (exact) mass is 288 g/mol. The highest BCUT2D eigenvalue weighted by molar-refractivity contribution is 6.76. The molecule has 1 N–H and O–H groups in total. The van der Waals surface area contributed by atoms with Crippen LogP contribution in [-0.4, -0.2) is 26.1 Å². The number of hydrogen-bond acceptors (Lipinski definition) is 1. The second-order valence-corrected chi connectivity index (χ2v) is 12.5. The molecular formula is C17H28N2Si. The summed E-state index contributed by atoms with van der Waals surface area (Å²) in [6, 6.07) is 11.2. The van der Waals surface area contributed by atoms with E-state index in [1.54, 1.807) is 0 Å². The highest BCUT2D eigenvalue weighted by Gasteiger charge is 2.17. The van der Waals surface area contributed by atoms with Crippen molar-refractivity contribution in [3.8, 4) is 0 Å². The molecule has 1 aromatic rings. The summed E-state index contributed by atoms with van der Waals surface area (Å²) in [5, 5.41) is 3.72. The zero-order chi connectivity index (χ0) is 14.4. The molecule has 20 heavy (non-hydrogen) atoms. The van der Waals surface area contributed by atoms with E-state index in [4.69, 9.17) is 4.99 Å². The highest BCUT2D eigenvalue weighted by Crippen LogP contribution is 2.18. The van der Waals surface area contributed by atoms with Crippen LogP contribution in [0.25, 0.3) is 0 Å². The molecule has 0 heterocycles. The Morgan fingerprint density at radius 3 is 2.35 bits per heavy atom. The van der Waals surface area contributed by atoms with E-state index in [0.717, 1.165) is 12.0 Å². The summed E-state index contributed by atoms with van der Waals surface area (Å²) < 4.78 is 0. The van der Waals surface area contributed by atoms with Gasteiger partial charge in [-0.1, -0.05) is 69.2 Å². The Morgan fingerprint density at radius 1 is 1.10 bits per heavy atom. The number of rotatable bonds is 4. The van der Waals surface area contributed by atoms with Gasteiger partial charge in [-0.25, -0.2) is 0 Å². The molecule has 0 saturated heterocycles. The molecule has 0 atom stereocenters. The van der Waals surface area contributed by atoms with Crippen molar-refractivity contribution in [2.75, 3.05) is 6.17 Å². The highest BCUT2D eigenvalue weighted by atomic mass is 28.3. The first kappa shape index (κ1) is 15.3. The van der Waals surface area contributed by atoms with Gasteiger partial charge in [0.05, 0.1) is 8.07 Å². The minimum absolute atomic E-state index is 0.615. The van der Waals surface area contributed by atoms with Crippen LogP contribution in [0.2, 0.25) is 19.6 Å². The molecule has 0 bridgehead atoms. The van der Waals surface area contributed by atoms with Crippen LogP contribution < -0.4 is 5.32 Å². The van der Waals surface area contributed by atoms with Gasteiger partial charge in [0.25, 0.3) is 0 Å². The zero-order valence-electron chi connectivity index (χ0n) is 13.2. The van der Waals surface area contributed by atoms with Crippen LogP contribution in [0.4, 0.5) is 0 Å². The number of aliphatic imine (C=N–C) groups is 1. The van der Waals surface area contributed by atoms with Gasteiger partial charge in [-0.15, -0.1) is 0 Å². The smallest absolute Gasteiger partial charge is 0.128 e. The summed E-state index contributed by atoms with van der Waals surface area (Å²) >= 11 is 0. The molecule has 0 radical (unpaired) electrons. The first-order valence-electron chi connectivity index (χ1n) is 7.91. The Morgan fingerprint density at radius 2 is 1.75 bits per heavy atom. The summed E-state index contributed by atoms with van der Waals surface area (Å²) in [5.41, 5.74) is 1.23. The molecule has 1 aromatic carbocycles. The van der Waals surface area contributed by atoms with Gasteiger partial charge in [0, 0.05) is 17.8 Å². The molecule has 0 amide bonds. The van der Waals surface area contributed by atoms with Crippen LogP contribution in [0.15, 0.2) is 35.3 Å². The van der Waals surface area contributed by atoms with E-state index < -0.39 is 8.07 Å². The first-order chi connectivity index (χ1) is 9.54. The Hall–Kier alpha value is -1.09. The number of amidine groups is 1. The lowest BCUT2D eigenvalue weighted by Gasteiger charge is -2.25. The summed E-state index contributed by atoms with van der Waals surface area (Å²) in [6.07, 6.45) is 7.68. The van der Waals surface area contributed by atoms with Crippen LogP contribution >= 0.6 is 0 Å². The molecule has 0 unspecified atom stereocenters. The summed E-state index contributed by atoms with van der Waals surface area (Å²) in [6.45, 7) is 7.12. The van der Waals surface area contributed by atoms with Gasteiger partial charge in [0.15, 0.2) is 0 Å². The molecule has 0 aliphatic heterocycles. The van der Waals surface area contributed by atoms with Gasteiger partial charge in [-0.2, -0.15) is 0 Å². The van der Waals surface area contributed by atoms with E-state index in [-0.39, 0.29) is 0 Å².